The summed E-state index contributed by atoms with van der Waals surface area (Å²) in [6.07, 6.45) is 1.79. The van der Waals surface area contributed by atoms with E-state index in [1.54, 1.807) is 24.3 Å². The Balaban J connectivity index is 1.39. The number of sulfonamides is 1. The lowest BCUT2D eigenvalue weighted by Gasteiger charge is -2.10. The summed E-state index contributed by atoms with van der Waals surface area (Å²) >= 11 is 0. The number of nitrogens with two attached hydrogens (primary N) is 2. The molecule has 0 unspecified atom stereocenters. The van der Waals surface area contributed by atoms with Crippen molar-refractivity contribution in [1.82, 2.24) is 5.32 Å². The van der Waals surface area contributed by atoms with Crippen molar-refractivity contribution in [3.63, 3.8) is 0 Å². The second-order valence-corrected chi connectivity index (χ2v) is 11.2. The first-order chi connectivity index (χ1) is 22.3. The Morgan fingerprint density at radius 1 is 0.630 bits per heavy atom. The van der Waals surface area contributed by atoms with Gasteiger partial charge < -0.3 is 50.1 Å². The maximum Gasteiger partial charge on any atom is 0.323 e. The van der Waals surface area contributed by atoms with Crippen LogP contribution in [0.25, 0.3) is 0 Å². The zero-order chi connectivity index (χ0) is 33.3. The topological polar surface area (TPSA) is 212 Å². The van der Waals surface area contributed by atoms with Crippen LogP contribution in [0.2, 0.25) is 0 Å². The molecule has 2 aromatic rings. The number of urea groups is 1. The van der Waals surface area contributed by atoms with E-state index in [0.717, 1.165) is 12.8 Å². The van der Waals surface area contributed by atoms with Gasteiger partial charge in [0.25, 0.3) is 0 Å². The molecule has 0 atom stereocenters. The highest BCUT2D eigenvalue weighted by Gasteiger charge is 2.08. The van der Waals surface area contributed by atoms with Crippen LogP contribution in [0.15, 0.2) is 53.4 Å². The molecule has 2 aromatic carbocycles. The van der Waals surface area contributed by atoms with Crippen LogP contribution in [0.1, 0.15) is 19.3 Å². The van der Waals surface area contributed by atoms with Crippen LogP contribution < -0.4 is 31.6 Å². The van der Waals surface area contributed by atoms with Gasteiger partial charge >= 0.3 is 6.03 Å². The largest absolute Gasteiger partial charge is 0.494 e. The number of primary sulfonamides is 1. The lowest BCUT2D eigenvalue weighted by Crippen LogP contribution is -2.26. The fraction of sp³-hybridized carbons (Fsp3) is 0.533. The third-order valence-corrected chi connectivity index (χ3v) is 6.87. The van der Waals surface area contributed by atoms with E-state index in [4.69, 9.17) is 39.3 Å². The van der Waals surface area contributed by atoms with E-state index >= 15 is 0 Å². The van der Waals surface area contributed by atoms with Gasteiger partial charge in [-0.3, -0.25) is 4.79 Å². The second-order valence-electron chi connectivity index (χ2n) is 9.68. The Labute approximate surface area is 270 Å². The summed E-state index contributed by atoms with van der Waals surface area (Å²) in [4.78, 5) is 24.1. The molecule has 15 nitrogen and oxygen atoms in total. The number of amides is 3. The lowest BCUT2D eigenvalue weighted by atomic mass is 10.3. The highest BCUT2D eigenvalue weighted by Crippen LogP contribution is 2.17. The number of unbranched alkanes of at least 4 members (excludes halogenated alkanes) is 1. The van der Waals surface area contributed by atoms with Crippen molar-refractivity contribution in [2.24, 2.45) is 10.9 Å². The number of hydrogen-bond donors (Lipinski definition) is 5. The molecule has 0 bridgehead atoms. The summed E-state index contributed by atoms with van der Waals surface area (Å²) in [7, 11) is -3.80. The van der Waals surface area contributed by atoms with Crippen LogP contribution in [0.3, 0.4) is 0 Å². The zero-order valence-corrected chi connectivity index (χ0v) is 26.9. The molecule has 0 heterocycles. The maximum absolute atomic E-state index is 12.2. The summed E-state index contributed by atoms with van der Waals surface area (Å²) in [5, 5.41) is 13.2. The van der Waals surface area contributed by atoms with Gasteiger partial charge in [0.15, 0.2) is 0 Å². The van der Waals surface area contributed by atoms with Gasteiger partial charge in [0.05, 0.1) is 77.6 Å². The van der Waals surface area contributed by atoms with Crippen LogP contribution in [-0.4, -0.2) is 106 Å². The molecule has 0 aliphatic rings. The minimum absolute atomic E-state index is 0.0446. The number of ether oxygens (including phenoxy) is 6. The molecule has 0 radical (unpaired) electrons. The van der Waals surface area contributed by atoms with Gasteiger partial charge in [-0.1, -0.05) is 0 Å². The SMILES string of the molecule is NCCOCCOCCOCCOCCOCCC(=O)NCCCCOc1ccc(NC(=O)Nc2ccc(S(N)(=O)=O)cc2)cc1. The molecule has 0 fully saturated rings. The van der Waals surface area contributed by atoms with Gasteiger partial charge in [-0.2, -0.15) is 0 Å². The summed E-state index contributed by atoms with van der Waals surface area (Å²) in [6, 6.07) is 11.9. The quantitative estimate of drug-likeness (QED) is 0.0910. The average Bonchev–Trinajstić information content (AvgIpc) is 3.03. The van der Waals surface area contributed by atoms with Gasteiger partial charge in [0.2, 0.25) is 15.9 Å². The zero-order valence-electron chi connectivity index (χ0n) is 26.1. The smallest absolute Gasteiger partial charge is 0.323 e. The van der Waals surface area contributed by atoms with Gasteiger partial charge in [-0.05, 0) is 61.4 Å². The Morgan fingerprint density at radius 2 is 1.11 bits per heavy atom. The van der Waals surface area contributed by atoms with Crippen molar-refractivity contribution in [3.05, 3.63) is 48.5 Å². The summed E-state index contributed by atoms with van der Waals surface area (Å²) in [5.74, 6) is 0.573. The highest BCUT2D eigenvalue weighted by molar-refractivity contribution is 7.89. The van der Waals surface area contributed by atoms with Crippen molar-refractivity contribution >= 4 is 33.3 Å². The fourth-order valence-electron chi connectivity index (χ4n) is 3.62. The predicted octanol–water partition coefficient (Wildman–Crippen LogP) is 1.69. The number of benzene rings is 2. The maximum atomic E-state index is 12.2. The van der Waals surface area contributed by atoms with Crippen molar-refractivity contribution < 1.29 is 46.4 Å². The number of anilines is 2. The Kier molecular flexibility index (Phi) is 20.2. The van der Waals surface area contributed by atoms with Crippen molar-refractivity contribution in [1.29, 1.82) is 0 Å². The predicted molar refractivity (Wildman–Crippen MR) is 172 cm³/mol. The van der Waals surface area contributed by atoms with Crippen LogP contribution in [0.4, 0.5) is 16.2 Å². The van der Waals surface area contributed by atoms with Crippen LogP contribution in [0, 0.1) is 0 Å². The molecular weight excluding hydrogens is 622 g/mol. The van der Waals surface area contributed by atoms with Gasteiger partial charge in [0.1, 0.15) is 5.75 Å². The number of carbonyl (C=O) groups excluding carboxylic acids is 2. The molecule has 0 aliphatic carbocycles. The average molecular weight is 670 g/mol. The number of rotatable bonds is 26. The first-order valence-electron chi connectivity index (χ1n) is 15.1. The van der Waals surface area contributed by atoms with Gasteiger partial charge in [-0.25, -0.2) is 18.4 Å². The standard InChI is InChI=1S/C30H47N5O10S/c31-12-16-41-18-20-43-22-24-44-23-21-42-19-17-40-15-11-29(36)33-13-1-2-14-45-27-7-3-25(4-8-27)34-30(37)35-26-5-9-28(10-6-26)46(32,38)39/h3-10H,1-2,11-24,31H2,(H,33,36)(H2,32,38,39)(H2,34,35,37). The highest BCUT2D eigenvalue weighted by atomic mass is 32.2. The molecule has 0 saturated carbocycles. The van der Waals surface area contributed by atoms with Crippen molar-refractivity contribution in [2.45, 2.75) is 24.2 Å². The molecular formula is C30H47N5O10S. The van der Waals surface area contributed by atoms with E-state index in [0.29, 0.717) is 103 Å². The third-order valence-electron chi connectivity index (χ3n) is 5.94. The van der Waals surface area contributed by atoms with Gasteiger partial charge in [-0.15, -0.1) is 0 Å². The minimum atomic E-state index is -3.80. The molecule has 16 heteroatoms. The van der Waals surface area contributed by atoms with E-state index in [-0.39, 0.29) is 17.2 Å². The molecule has 0 spiro atoms. The van der Waals surface area contributed by atoms with E-state index in [1.807, 2.05) is 0 Å². The molecule has 7 N–H and O–H groups in total. The number of carbonyl (C=O) groups is 2. The van der Waals surface area contributed by atoms with Crippen LogP contribution in [0.5, 0.6) is 5.75 Å². The molecule has 0 saturated heterocycles. The number of hydrogen-bond acceptors (Lipinski definition) is 11. The first-order valence-corrected chi connectivity index (χ1v) is 16.6. The minimum Gasteiger partial charge on any atom is -0.494 e. The van der Waals surface area contributed by atoms with E-state index < -0.39 is 16.1 Å². The van der Waals surface area contributed by atoms with Crippen molar-refractivity contribution in [2.75, 3.05) is 96.4 Å². The monoisotopic (exact) mass is 669 g/mol. The molecule has 2 rings (SSSR count). The summed E-state index contributed by atoms with van der Waals surface area (Å²) < 4.78 is 55.2. The van der Waals surface area contributed by atoms with Crippen molar-refractivity contribution in [3.8, 4) is 5.75 Å². The second kappa shape index (κ2) is 23.9. The normalized spacial score (nSPS) is 11.3. The fourth-order valence-corrected chi connectivity index (χ4v) is 4.13. The van der Waals surface area contributed by atoms with Crippen LogP contribution in [-0.2, 0) is 38.5 Å². The molecule has 3 amide bonds. The molecule has 46 heavy (non-hydrogen) atoms. The van der Waals surface area contributed by atoms with Crippen LogP contribution >= 0.6 is 0 Å². The molecule has 0 aliphatic heterocycles. The molecule has 0 aromatic heterocycles. The number of nitrogens with one attached hydrogen (secondary N) is 3. The Bertz CT molecular complexity index is 1220. The van der Waals surface area contributed by atoms with Gasteiger partial charge in [0, 0.05) is 30.9 Å². The van der Waals surface area contributed by atoms with E-state index in [1.165, 1.54) is 24.3 Å². The van der Waals surface area contributed by atoms with E-state index in [9.17, 15) is 18.0 Å². The first kappa shape index (κ1) is 38.8. The Hall–Kier alpha value is -3.35. The Morgan fingerprint density at radius 3 is 1.61 bits per heavy atom. The third kappa shape index (κ3) is 19.2. The summed E-state index contributed by atoms with van der Waals surface area (Å²) in [5.41, 5.74) is 6.28. The van der Waals surface area contributed by atoms with E-state index in [2.05, 4.69) is 16.0 Å². The summed E-state index contributed by atoms with van der Waals surface area (Å²) in [6.45, 7) is 6.17. The lowest BCUT2D eigenvalue weighted by molar-refractivity contribution is -0.122. The molecule has 258 valence electrons.